The molecule has 2 aliphatic heterocycles. The van der Waals surface area contributed by atoms with Crippen LogP contribution in [0.3, 0.4) is 0 Å². The number of aliphatic hydroxyl groups excluding tert-OH is 3. The summed E-state index contributed by atoms with van der Waals surface area (Å²) in [5, 5.41) is 38.1. The fourth-order valence-corrected chi connectivity index (χ4v) is 5.43. The van der Waals surface area contributed by atoms with Crippen LogP contribution >= 0.6 is 0 Å². The molecule has 2 aromatic heterocycles. The molecule has 0 atom stereocenters. The van der Waals surface area contributed by atoms with Gasteiger partial charge in [0.25, 0.3) is 0 Å². The summed E-state index contributed by atoms with van der Waals surface area (Å²) >= 11 is 0. The average molecular weight is 605 g/mol. The summed E-state index contributed by atoms with van der Waals surface area (Å²) in [6, 6.07) is 0. The fraction of sp³-hybridized carbons (Fsp3) is 0.714. The lowest BCUT2D eigenvalue weighted by Crippen LogP contribution is -2.36. The smallest absolute Gasteiger partial charge is 0.306 e. The summed E-state index contributed by atoms with van der Waals surface area (Å²) < 4.78 is 5.26. The molecule has 4 heterocycles. The molecule has 0 aliphatic carbocycles. The maximum absolute atomic E-state index is 12.0. The Labute approximate surface area is 251 Å². The minimum absolute atomic E-state index is 0.0232. The van der Waals surface area contributed by atoms with Crippen molar-refractivity contribution in [1.82, 2.24) is 19.9 Å². The number of anilines is 4. The number of fused-ring (bicyclic) bond motifs is 1. The molecule has 0 spiro atoms. The van der Waals surface area contributed by atoms with Crippen molar-refractivity contribution < 1.29 is 34.8 Å². The third kappa shape index (κ3) is 8.74. The number of carbonyl (C=O) groups excluding carboxylic acids is 1. The summed E-state index contributed by atoms with van der Waals surface area (Å²) in [6.45, 7) is 3.66. The van der Waals surface area contributed by atoms with Crippen LogP contribution in [0.2, 0.25) is 0 Å². The predicted octanol–water partition coefficient (Wildman–Crippen LogP) is 0.398. The molecule has 2 aliphatic rings. The van der Waals surface area contributed by atoms with Gasteiger partial charge in [0.1, 0.15) is 17.6 Å². The standard InChI is InChI=1S/C28H44N8O7/c37-17-13-35(14-18-38)27-29-23-24(25(31-27)33-9-3-1-4-10-33)30-28(32-26(23)34-11-5-2-6-12-34)36(15-19-39)16-20-43-22(42)8-7-21(40)41/h37-39H,1-20H2,(H,40,41). The zero-order valence-electron chi connectivity index (χ0n) is 24.7. The van der Waals surface area contributed by atoms with Crippen LogP contribution in [-0.4, -0.2) is 131 Å². The van der Waals surface area contributed by atoms with Crippen LogP contribution in [0.1, 0.15) is 51.4 Å². The lowest BCUT2D eigenvalue weighted by molar-refractivity contribution is -0.147. The van der Waals surface area contributed by atoms with Crippen molar-refractivity contribution in [3.63, 3.8) is 0 Å². The number of aromatic nitrogens is 4. The zero-order chi connectivity index (χ0) is 30.6. The van der Waals surface area contributed by atoms with Crippen molar-refractivity contribution in [2.75, 3.05) is 98.4 Å². The molecule has 2 aromatic rings. The normalized spacial score (nSPS) is 15.5. The van der Waals surface area contributed by atoms with Crippen molar-refractivity contribution in [2.24, 2.45) is 0 Å². The molecule has 0 bridgehead atoms. The molecule has 238 valence electrons. The van der Waals surface area contributed by atoms with Gasteiger partial charge in [-0.25, -0.2) is 9.97 Å². The van der Waals surface area contributed by atoms with E-state index in [1.54, 1.807) is 9.80 Å². The maximum Gasteiger partial charge on any atom is 0.306 e. The van der Waals surface area contributed by atoms with Gasteiger partial charge in [-0.3, -0.25) is 9.59 Å². The van der Waals surface area contributed by atoms with Gasteiger partial charge < -0.3 is 44.8 Å². The largest absolute Gasteiger partial charge is 0.481 e. The number of rotatable bonds is 16. The minimum Gasteiger partial charge on any atom is -0.481 e. The number of aliphatic carboxylic acids is 1. The molecule has 15 heteroatoms. The van der Waals surface area contributed by atoms with Crippen molar-refractivity contribution in [1.29, 1.82) is 0 Å². The number of ether oxygens (including phenoxy) is 1. The number of carbonyl (C=O) groups is 2. The molecule has 2 saturated heterocycles. The van der Waals surface area contributed by atoms with E-state index in [4.69, 9.17) is 29.8 Å². The highest BCUT2D eigenvalue weighted by Gasteiger charge is 2.27. The Hall–Kier alpha value is -3.56. The number of carboxylic acid groups (broad SMARTS) is 1. The highest BCUT2D eigenvalue weighted by molar-refractivity contribution is 5.95. The number of hydrogen-bond acceptors (Lipinski definition) is 14. The summed E-state index contributed by atoms with van der Waals surface area (Å²) in [5.74, 6) is 0.373. The Kier molecular flexibility index (Phi) is 12.3. The highest BCUT2D eigenvalue weighted by atomic mass is 16.5. The number of esters is 1. The van der Waals surface area contributed by atoms with Crippen molar-refractivity contribution in [3.05, 3.63) is 0 Å². The van der Waals surface area contributed by atoms with Gasteiger partial charge in [0.05, 0.1) is 39.2 Å². The monoisotopic (exact) mass is 604 g/mol. The molecule has 43 heavy (non-hydrogen) atoms. The molecular formula is C28H44N8O7. The van der Waals surface area contributed by atoms with E-state index in [1.165, 1.54) is 0 Å². The van der Waals surface area contributed by atoms with Gasteiger partial charge in [0, 0.05) is 45.8 Å². The zero-order valence-corrected chi connectivity index (χ0v) is 24.7. The first-order chi connectivity index (χ1) is 20.9. The lowest BCUT2D eigenvalue weighted by atomic mass is 10.1. The van der Waals surface area contributed by atoms with Gasteiger partial charge in [-0.15, -0.1) is 0 Å². The Morgan fingerprint density at radius 2 is 1.09 bits per heavy atom. The second kappa shape index (κ2) is 16.3. The van der Waals surface area contributed by atoms with Crippen LogP contribution in [-0.2, 0) is 14.3 Å². The third-order valence-electron chi connectivity index (χ3n) is 7.64. The number of carboxylic acids is 1. The van der Waals surface area contributed by atoms with E-state index in [2.05, 4.69) is 9.80 Å². The van der Waals surface area contributed by atoms with E-state index in [0.717, 1.165) is 64.7 Å². The Balaban J connectivity index is 1.79. The molecular weight excluding hydrogens is 560 g/mol. The van der Waals surface area contributed by atoms with E-state index in [9.17, 15) is 24.9 Å². The average Bonchev–Trinajstić information content (AvgIpc) is 3.03. The molecule has 0 aromatic carbocycles. The van der Waals surface area contributed by atoms with Gasteiger partial charge in [0.15, 0.2) is 11.6 Å². The van der Waals surface area contributed by atoms with E-state index >= 15 is 0 Å². The first kappa shape index (κ1) is 32.4. The highest BCUT2D eigenvalue weighted by Crippen LogP contribution is 2.34. The van der Waals surface area contributed by atoms with E-state index in [-0.39, 0.29) is 65.4 Å². The molecule has 0 radical (unpaired) electrons. The van der Waals surface area contributed by atoms with E-state index in [1.807, 2.05) is 0 Å². The van der Waals surface area contributed by atoms with Crippen LogP contribution < -0.4 is 19.6 Å². The van der Waals surface area contributed by atoms with E-state index < -0.39 is 11.9 Å². The minimum atomic E-state index is -1.07. The second-order valence-electron chi connectivity index (χ2n) is 10.7. The van der Waals surface area contributed by atoms with Crippen LogP contribution in [0.4, 0.5) is 23.5 Å². The Morgan fingerprint density at radius 3 is 1.51 bits per heavy atom. The molecule has 15 nitrogen and oxygen atoms in total. The topological polar surface area (TPSA) is 189 Å². The molecule has 4 N–H and O–H groups in total. The van der Waals surface area contributed by atoms with Crippen LogP contribution in [0.15, 0.2) is 0 Å². The number of hydrogen-bond donors (Lipinski definition) is 4. The molecule has 2 fully saturated rings. The van der Waals surface area contributed by atoms with Gasteiger partial charge >= 0.3 is 11.9 Å². The third-order valence-corrected chi connectivity index (χ3v) is 7.64. The second-order valence-corrected chi connectivity index (χ2v) is 10.7. The fourth-order valence-electron chi connectivity index (χ4n) is 5.43. The Bertz CT molecular complexity index is 1200. The molecule has 4 rings (SSSR count). The van der Waals surface area contributed by atoms with Crippen molar-refractivity contribution in [3.8, 4) is 0 Å². The van der Waals surface area contributed by atoms with Crippen molar-refractivity contribution in [2.45, 2.75) is 51.4 Å². The Morgan fingerprint density at radius 1 is 0.651 bits per heavy atom. The summed E-state index contributed by atoms with van der Waals surface area (Å²) in [6.07, 6.45) is 5.76. The van der Waals surface area contributed by atoms with Crippen molar-refractivity contribution >= 4 is 46.5 Å². The van der Waals surface area contributed by atoms with E-state index in [0.29, 0.717) is 34.6 Å². The first-order valence-electron chi connectivity index (χ1n) is 15.2. The van der Waals surface area contributed by atoms with Gasteiger partial charge in [-0.05, 0) is 38.5 Å². The lowest BCUT2D eigenvalue weighted by Gasteiger charge is -2.33. The number of piperidine rings is 2. The quantitative estimate of drug-likeness (QED) is 0.193. The first-order valence-corrected chi connectivity index (χ1v) is 15.2. The van der Waals surface area contributed by atoms with Crippen LogP contribution in [0.25, 0.3) is 11.0 Å². The predicted molar refractivity (Wildman–Crippen MR) is 161 cm³/mol. The van der Waals surface area contributed by atoms with Gasteiger partial charge in [-0.1, -0.05) is 0 Å². The molecule has 0 amide bonds. The summed E-state index contributed by atoms with van der Waals surface area (Å²) in [5.41, 5.74) is 1.16. The summed E-state index contributed by atoms with van der Waals surface area (Å²) in [7, 11) is 0. The maximum atomic E-state index is 12.0. The van der Waals surface area contributed by atoms with Crippen LogP contribution in [0, 0.1) is 0 Å². The summed E-state index contributed by atoms with van der Waals surface area (Å²) in [4.78, 5) is 50.5. The number of aliphatic hydroxyl groups is 3. The SMILES string of the molecule is O=C(O)CCC(=O)OCCN(CCO)c1nc(N2CCCCC2)c2nc(N(CCO)CCO)nc(N3CCCCC3)c2n1. The number of nitrogens with zero attached hydrogens (tertiary/aromatic N) is 8. The van der Waals surface area contributed by atoms with Crippen LogP contribution in [0.5, 0.6) is 0 Å². The molecule has 0 unspecified atom stereocenters. The van der Waals surface area contributed by atoms with Gasteiger partial charge in [-0.2, -0.15) is 9.97 Å². The molecule has 0 saturated carbocycles. The van der Waals surface area contributed by atoms with Gasteiger partial charge in [0.2, 0.25) is 11.9 Å².